The largest absolute Gasteiger partial charge is 0.490 e. The van der Waals surface area contributed by atoms with Crippen molar-refractivity contribution in [2.24, 2.45) is 11.8 Å². The lowest BCUT2D eigenvalue weighted by Gasteiger charge is -2.25. The number of ether oxygens (including phenoxy) is 2. The Labute approximate surface area is 156 Å². The van der Waals surface area contributed by atoms with Gasteiger partial charge in [-0.3, -0.25) is 4.79 Å². The van der Waals surface area contributed by atoms with E-state index in [1.54, 1.807) is 0 Å². The van der Waals surface area contributed by atoms with Crippen LogP contribution in [0, 0.1) is 11.8 Å². The van der Waals surface area contributed by atoms with Gasteiger partial charge in [0.1, 0.15) is 0 Å². The molecule has 1 fully saturated rings. The molecular formula is C19H29NO5S. The molecule has 0 aromatic heterocycles. The topological polar surface area (TPSA) is 81.7 Å². The van der Waals surface area contributed by atoms with E-state index >= 15 is 0 Å². The molecule has 2 atom stereocenters. The first-order valence-electron chi connectivity index (χ1n) is 9.17. The predicted molar refractivity (Wildman–Crippen MR) is 101 cm³/mol. The molecule has 1 aromatic carbocycles. The molecule has 1 heterocycles. The first-order chi connectivity index (χ1) is 12.3. The van der Waals surface area contributed by atoms with Crippen LogP contribution in [0.5, 0.6) is 11.5 Å². The summed E-state index contributed by atoms with van der Waals surface area (Å²) < 4.78 is 34.5. The number of rotatable bonds is 8. The smallest absolute Gasteiger partial charge is 0.224 e. The van der Waals surface area contributed by atoms with Crippen LogP contribution in [0.3, 0.4) is 0 Å². The molecule has 1 saturated heterocycles. The Balaban J connectivity index is 2.21. The number of carbonyl (C=O) groups is 1. The summed E-state index contributed by atoms with van der Waals surface area (Å²) in [4.78, 5) is 12.6. The number of nitrogens with one attached hydrogen (secondary N) is 1. The molecule has 1 aliphatic heterocycles. The maximum Gasteiger partial charge on any atom is 0.224 e. The van der Waals surface area contributed by atoms with Gasteiger partial charge in [0.2, 0.25) is 5.91 Å². The fraction of sp³-hybridized carbons (Fsp3) is 0.632. The van der Waals surface area contributed by atoms with Crippen LogP contribution in [0.2, 0.25) is 0 Å². The summed E-state index contributed by atoms with van der Waals surface area (Å²) in [6, 6.07) is 5.45. The van der Waals surface area contributed by atoms with Gasteiger partial charge in [-0.1, -0.05) is 19.9 Å². The van der Waals surface area contributed by atoms with Crippen LogP contribution in [0.1, 0.15) is 45.7 Å². The number of hydrogen-bond acceptors (Lipinski definition) is 5. The van der Waals surface area contributed by atoms with Gasteiger partial charge in [-0.2, -0.15) is 0 Å². The third kappa shape index (κ3) is 5.13. The molecule has 0 radical (unpaired) electrons. The highest BCUT2D eigenvalue weighted by Crippen LogP contribution is 2.33. The zero-order valence-corrected chi connectivity index (χ0v) is 16.8. The molecule has 0 unspecified atom stereocenters. The fourth-order valence-corrected chi connectivity index (χ4v) is 4.91. The van der Waals surface area contributed by atoms with Gasteiger partial charge in [0.15, 0.2) is 21.3 Å². The Morgan fingerprint density at radius 2 is 1.85 bits per heavy atom. The van der Waals surface area contributed by atoms with Crippen LogP contribution >= 0.6 is 0 Å². The maximum atomic E-state index is 12.6. The highest BCUT2D eigenvalue weighted by molar-refractivity contribution is 7.91. The van der Waals surface area contributed by atoms with Crippen LogP contribution in [0.15, 0.2) is 18.2 Å². The van der Waals surface area contributed by atoms with E-state index in [4.69, 9.17) is 9.47 Å². The fourth-order valence-electron chi connectivity index (χ4n) is 3.17. The van der Waals surface area contributed by atoms with Crippen molar-refractivity contribution < 1.29 is 22.7 Å². The van der Waals surface area contributed by atoms with Crippen molar-refractivity contribution in [2.45, 2.75) is 40.2 Å². The Morgan fingerprint density at radius 3 is 2.38 bits per heavy atom. The van der Waals surface area contributed by atoms with Crippen LogP contribution < -0.4 is 14.8 Å². The van der Waals surface area contributed by atoms with Crippen molar-refractivity contribution in [3.63, 3.8) is 0 Å². The summed E-state index contributed by atoms with van der Waals surface area (Å²) in [5, 5.41) is 3.03. The zero-order chi connectivity index (χ0) is 19.3. The number of hydrogen-bond donors (Lipinski definition) is 1. The van der Waals surface area contributed by atoms with Gasteiger partial charge in [0.25, 0.3) is 0 Å². The molecule has 0 bridgehead atoms. The standard InChI is InChI=1S/C19H29NO5S/c1-5-24-16-8-7-14(11-17(16)25-6-2)18(13(3)4)20-19(21)15-9-10-26(22,23)12-15/h7-8,11,13,15,18H,5-6,9-10,12H2,1-4H3,(H,20,21)/t15-,18-/m1/s1. The average Bonchev–Trinajstić information content (AvgIpc) is 2.94. The highest BCUT2D eigenvalue weighted by atomic mass is 32.2. The monoisotopic (exact) mass is 383 g/mol. The van der Waals surface area contributed by atoms with Gasteiger partial charge in [0.05, 0.1) is 36.7 Å². The van der Waals surface area contributed by atoms with Crippen LogP contribution in [0.25, 0.3) is 0 Å². The molecule has 26 heavy (non-hydrogen) atoms. The van der Waals surface area contributed by atoms with Crippen molar-refractivity contribution in [3.05, 3.63) is 23.8 Å². The quantitative estimate of drug-likeness (QED) is 0.746. The molecule has 6 nitrogen and oxygen atoms in total. The Hall–Kier alpha value is -1.76. The van der Waals surface area contributed by atoms with E-state index in [1.807, 2.05) is 45.9 Å². The van der Waals surface area contributed by atoms with Crippen molar-refractivity contribution in [3.8, 4) is 11.5 Å². The molecule has 1 aromatic rings. The van der Waals surface area contributed by atoms with E-state index in [2.05, 4.69) is 5.32 Å². The molecule has 1 N–H and O–H groups in total. The minimum Gasteiger partial charge on any atom is -0.490 e. The molecular weight excluding hydrogens is 354 g/mol. The van der Waals surface area contributed by atoms with Crippen molar-refractivity contribution in [2.75, 3.05) is 24.7 Å². The third-order valence-corrected chi connectivity index (χ3v) is 6.26. The normalized spacial score (nSPS) is 20.0. The number of sulfone groups is 1. The molecule has 0 aliphatic carbocycles. The summed E-state index contributed by atoms with van der Waals surface area (Å²) in [5.41, 5.74) is 0.918. The molecule has 2 rings (SSSR count). The van der Waals surface area contributed by atoms with Crippen LogP contribution in [-0.4, -0.2) is 39.0 Å². The molecule has 7 heteroatoms. The SMILES string of the molecule is CCOc1ccc([C@H](NC(=O)[C@@H]2CCS(=O)(=O)C2)C(C)C)cc1OCC. The minimum atomic E-state index is -3.08. The van der Waals surface area contributed by atoms with E-state index in [0.717, 1.165) is 5.56 Å². The summed E-state index contributed by atoms with van der Waals surface area (Å²) in [6.07, 6.45) is 0.395. The number of amides is 1. The third-order valence-electron chi connectivity index (χ3n) is 4.49. The molecule has 0 saturated carbocycles. The van der Waals surface area contributed by atoms with Gasteiger partial charge in [-0.05, 0) is 43.9 Å². The summed E-state index contributed by atoms with van der Waals surface area (Å²) in [7, 11) is -3.08. The Morgan fingerprint density at radius 1 is 1.19 bits per heavy atom. The molecule has 146 valence electrons. The Bertz CT molecular complexity index is 729. The summed E-state index contributed by atoms with van der Waals surface area (Å²) >= 11 is 0. The lowest BCUT2D eigenvalue weighted by atomic mass is 9.94. The first kappa shape index (κ1) is 20.6. The van der Waals surface area contributed by atoms with Gasteiger partial charge in [-0.15, -0.1) is 0 Å². The van der Waals surface area contributed by atoms with Gasteiger partial charge in [-0.25, -0.2) is 8.42 Å². The second-order valence-electron chi connectivity index (χ2n) is 6.90. The summed E-state index contributed by atoms with van der Waals surface area (Å²) in [6.45, 7) is 8.92. The minimum absolute atomic E-state index is 0.0584. The summed E-state index contributed by atoms with van der Waals surface area (Å²) in [5.74, 6) is 0.840. The zero-order valence-electron chi connectivity index (χ0n) is 15.9. The van der Waals surface area contributed by atoms with E-state index in [-0.39, 0.29) is 29.4 Å². The second kappa shape index (κ2) is 8.75. The van der Waals surface area contributed by atoms with Crippen molar-refractivity contribution in [1.82, 2.24) is 5.32 Å². The van der Waals surface area contributed by atoms with E-state index in [1.165, 1.54) is 0 Å². The van der Waals surface area contributed by atoms with E-state index < -0.39 is 15.8 Å². The van der Waals surface area contributed by atoms with Crippen LogP contribution in [0.4, 0.5) is 0 Å². The maximum absolute atomic E-state index is 12.6. The molecule has 1 amide bonds. The average molecular weight is 384 g/mol. The lowest BCUT2D eigenvalue weighted by molar-refractivity contribution is -0.125. The van der Waals surface area contributed by atoms with E-state index in [9.17, 15) is 13.2 Å². The van der Waals surface area contributed by atoms with Gasteiger partial charge in [0, 0.05) is 0 Å². The van der Waals surface area contributed by atoms with E-state index in [0.29, 0.717) is 31.1 Å². The second-order valence-corrected chi connectivity index (χ2v) is 9.13. The molecule has 0 spiro atoms. The predicted octanol–water partition coefficient (Wildman–Crippen LogP) is 2.73. The first-order valence-corrected chi connectivity index (χ1v) is 11.0. The van der Waals surface area contributed by atoms with Crippen molar-refractivity contribution >= 4 is 15.7 Å². The van der Waals surface area contributed by atoms with Crippen molar-refractivity contribution in [1.29, 1.82) is 0 Å². The Kier molecular flexibility index (Phi) is 6.92. The lowest BCUT2D eigenvalue weighted by Crippen LogP contribution is -2.36. The number of carbonyl (C=O) groups excluding carboxylic acids is 1. The highest BCUT2D eigenvalue weighted by Gasteiger charge is 2.34. The van der Waals surface area contributed by atoms with Gasteiger partial charge >= 0.3 is 0 Å². The van der Waals surface area contributed by atoms with Gasteiger partial charge < -0.3 is 14.8 Å². The molecule has 1 aliphatic rings. The van der Waals surface area contributed by atoms with Crippen LogP contribution in [-0.2, 0) is 14.6 Å². The number of benzene rings is 1.